The average Bonchev–Trinajstić information content (AvgIpc) is 3.41. The molecule has 1 atom stereocenters. The van der Waals surface area contributed by atoms with E-state index in [9.17, 15) is 9.18 Å². The molecule has 1 aromatic heterocycles. The summed E-state index contributed by atoms with van der Waals surface area (Å²) in [7, 11) is 0. The van der Waals surface area contributed by atoms with Gasteiger partial charge >= 0.3 is 0 Å². The van der Waals surface area contributed by atoms with Crippen LogP contribution < -0.4 is 10.2 Å². The second kappa shape index (κ2) is 8.78. The number of aromatic nitrogens is 2. The molecule has 2 fully saturated rings. The van der Waals surface area contributed by atoms with Gasteiger partial charge in [0, 0.05) is 25.6 Å². The highest BCUT2D eigenvalue weighted by atomic mass is 19.1. The van der Waals surface area contributed by atoms with Gasteiger partial charge in [0.15, 0.2) is 0 Å². The number of carbonyl (C=O) groups excluding carboxylic acids is 1. The monoisotopic (exact) mass is 450 g/mol. The van der Waals surface area contributed by atoms with Crippen LogP contribution in [-0.4, -0.2) is 47.8 Å². The third-order valence-corrected chi connectivity index (χ3v) is 6.96. The van der Waals surface area contributed by atoms with Gasteiger partial charge in [-0.3, -0.25) is 9.36 Å². The number of imidazole rings is 1. The molecule has 2 saturated heterocycles. The van der Waals surface area contributed by atoms with Gasteiger partial charge in [0.1, 0.15) is 5.82 Å². The molecule has 3 aromatic rings. The van der Waals surface area contributed by atoms with Crippen LogP contribution in [0.25, 0.3) is 16.7 Å². The van der Waals surface area contributed by atoms with Crippen LogP contribution in [0.15, 0.2) is 30.3 Å². The first-order valence-electron chi connectivity index (χ1n) is 11.8. The minimum atomic E-state index is -0.257. The quantitative estimate of drug-likeness (QED) is 0.647. The lowest BCUT2D eigenvalue weighted by molar-refractivity contribution is -0.126. The van der Waals surface area contributed by atoms with Gasteiger partial charge in [0.25, 0.3) is 0 Å². The highest BCUT2D eigenvalue weighted by Crippen LogP contribution is 2.32. The highest BCUT2D eigenvalue weighted by Gasteiger charge is 2.30. The number of anilines is 1. The SMILES string of the molecule is Cc1cc(F)cc(-n2c(N3CCC(C(=O)N[C@@H]4CCOC4)CC3)nc3cc(C)c(C)cc32)c1. The summed E-state index contributed by atoms with van der Waals surface area (Å²) in [5.74, 6) is 0.683. The Kier molecular flexibility index (Phi) is 5.83. The number of aryl methyl sites for hydroxylation is 3. The van der Waals surface area contributed by atoms with E-state index in [4.69, 9.17) is 9.72 Å². The maximum absolute atomic E-state index is 14.3. The molecule has 33 heavy (non-hydrogen) atoms. The Labute approximate surface area is 193 Å². The Bertz CT molecular complexity index is 1170. The van der Waals surface area contributed by atoms with Crippen LogP contribution in [0.3, 0.4) is 0 Å². The second-order valence-electron chi connectivity index (χ2n) is 9.49. The molecule has 5 rings (SSSR count). The normalized spacial score (nSPS) is 19.4. The van der Waals surface area contributed by atoms with Crippen LogP contribution in [-0.2, 0) is 9.53 Å². The molecular weight excluding hydrogens is 419 g/mol. The number of benzene rings is 2. The molecule has 0 spiro atoms. The van der Waals surface area contributed by atoms with Crippen molar-refractivity contribution in [3.8, 4) is 5.69 Å². The fourth-order valence-electron chi connectivity index (χ4n) is 4.94. The first-order valence-corrected chi connectivity index (χ1v) is 11.8. The van der Waals surface area contributed by atoms with Crippen molar-refractivity contribution in [3.63, 3.8) is 0 Å². The standard InChI is InChI=1S/C26H31FN4O2/c1-16-10-20(27)14-22(11-16)31-24-13-18(3)17(2)12-23(24)29-26(31)30-7-4-19(5-8-30)25(32)28-21-6-9-33-15-21/h10-14,19,21H,4-9,15H2,1-3H3,(H,28,32)/t21-/m1/s1. The fraction of sp³-hybridized carbons (Fsp3) is 0.462. The van der Waals surface area contributed by atoms with Crippen molar-refractivity contribution < 1.29 is 13.9 Å². The number of amides is 1. The smallest absolute Gasteiger partial charge is 0.223 e. The number of halogens is 1. The molecule has 0 radical (unpaired) electrons. The van der Waals surface area contributed by atoms with Gasteiger partial charge in [-0.1, -0.05) is 0 Å². The zero-order valence-corrected chi connectivity index (χ0v) is 19.5. The summed E-state index contributed by atoms with van der Waals surface area (Å²) in [5, 5.41) is 3.14. The van der Waals surface area contributed by atoms with Crippen LogP contribution in [0, 0.1) is 32.5 Å². The van der Waals surface area contributed by atoms with Crippen molar-refractivity contribution in [3.05, 3.63) is 52.8 Å². The van der Waals surface area contributed by atoms with Crippen molar-refractivity contribution in [2.24, 2.45) is 5.92 Å². The molecule has 7 heteroatoms. The number of hydrogen-bond donors (Lipinski definition) is 1. The van der Waals surface area contributed by atoms with E-state index in [0.29, 0.717) is 6.61 Å². The number of rotatable bonds is 4. The van der Waals surface area contributed by atoms with Crippen LogP contribution >= 0.6 is 0 Å². The van der Waals surface area contributed by atoms with E-state index >= 15 is 0 Å². The van der Waals surface area contributed by atoms with E-state index in [1.54, 1.807) is 6.07 Å². The molecular formula is C26H31FN4O2. The maximum atomic E-state index is 14.3. The minimum Gasteiger partial charge on any atom is -0.379 e. The summed E-state index contributed by atoms with van der Waals surface area (Å²) in [6.45, 7) is 8.87. The lowest BCUT2D eigenvalue weighted by Gasteiger charge is -2.33. The molecule has 1 amide bonds. The second-order valence-corrected chi connectivity index (χ2v) is 9.49. The molecule has 2 aliphatic rings. The van der Waals surface area contributed by atoms with Crippen molar-refractivity contribution in [1.29, 1.82) is 0 Å². The first-order chi connectivity index (χ1) is 15.9. The predicted octanol–water partition coefficient (Wildman–Crippen LogP) is 4.21. The Balaban J connectivity index is 1.45. The van der Waals surface area contributed by atoms with Crippen LogP contribution in [0.1, 0.15) is 36.0 Å². The van der Waals surface area contributed by atoms with Crippen molar-refractivity contribution in [2.45, 2.75) is 46.1 Å². The first kappa shape index (κ1) is 21.9. The zero-order valence-electron chi connectivity index (χ0n) is 19.5. The maximum Gasteiger partial charge on any atom is 0.223 e. The molecule has 3 heterocycles. The predicted molar refractivity (Wildman–Crippen MR) is 128 cm³/mol. The van der Waals surface area contributed by atoms with Crippen LogP contribution in [0.2, 0.25) is 0 Å². The average molecular weight is 451 g/mol. The van der Waals surface area contributed by atoms with E-state index in [1.807, 2.05) is 13.0 Å². The summed E-state index contributed by atoms with van der Waals surface area (Å²) in [6, 6.07) is 9.47. The minimum absolute atomic E-state index is 0.000538. The molecule has 2 aromatic carbocycles. The number of nitrogens with zero attached hydrogens (tertiary/aromatic N) is 3. The lowest BCUT2D eigenvalue weighted by Crippen LogP contribution is -2.44. The topological polar surface area (TPSA) is 59.4 Å². The Morgan fingerprint density at radius 1 is 1.06 bits per heavy atom. The number of piperidine rings is 1. The van der Waals surface area contributed by atoms with Gasteiger partial charge < -0.3 is 15.0 Å². The number of nitrogens with one attached hydrogen (secondary N) is 1. The van der Waals surface area contributed by atoms with E-state index < -0.39 is 0 Å². The molecule has 6 nitrogen and oxygen atoms in total. The molecule has 0 unspecified atom stereocenters. The lowest BCUT2D eigenvalue weighted by atomic mass is 9.95. The van der Waals surface area contributed by atoms with Gasteiger partial charge in [-0.15, -0.1) is 0 Å². The number of hydrogen-bond acceptors (Lipinski definition) is 4. The molecule has 174 valence electrons. The molecule has 0 aliphatic carbocycles. The fourth-order valence-corrected chi connectivity index (χ4v) is 4.94. The van der Waals surface area contributed by atoms with Crippen LogP contribution in [0.5, 0.6) is 0 Å². The van der Waals surface area contributed by atoms with Crippen molar-refractivity contribution in [1.82, 2.24) is 14.9 Å². The molecule has 1 N–H and O–H groups in total. The summed E-state index contributed by atoms with van der Waals surface area (Å²) in [4.78, 5) is 19.9. The summed E-state index contributed by atoms with van der Waals surface area (Å²) >= 11 is 0. The van der Waals surface area contributed by atoms with E-state index in [1.165, 1.54) is 17.2 Å². The summed E-state index contributed by atoms with van der Waals surface area (Å²) in [6.07, 6.45) is 2.42. The Morgan fingerprint density at radius 3 is 2.52 bits per heavy atom. The molecule has 0 saturated carbocycles. The Morgan fingerprint density at radius 2 is 1.82 bits per heavy atom. The third kappa shape index (κ3) is 4.34. The van der Waals surface area contributed by atoms with Gasteiger partial charge in [0.05, 0.1) is 29.4 Å². The number of carbonyl (C=O) groups is 1. The Hall–Kier alpha value is -2.93. The highest BCUT2D eigenvalue weighted by molar-refractivity contribution is 5.83. The third-order valence-electron chi connectivity index (χ3n) is 6.96. The van der Waals surface area contributed by atoms with Crippen molar-refractivity contribution >= 4 is 22.9 Å². The van der Waals surface area contributed by atoms with Crippen LogP contribution in [0.4, 0.5) is 10.3 Å². The number of ether oxygens (including phenoxy) is 1. The van der Waals surface area contributed by atoms with E-state index in [-0.39, 0.29) is 23.7 Å². The van der Waals surface area contributed by atoms with Gasteiger partial charge in [-0.25, -0.2) is 9.37 Å². The van der Waals surface area contributed by atoms with E-state index in [2.05, 4.69) is 40.8 Å². The summed E-state index contributed by atoms with van der Waals surface area (Å²) < 4.78 is 21.8. The van der Waals surface area contributed by atoms with Gasteiger partial charge in [-0.05, 0) is 87.1 Å². The molecule has 0 bridgehead atoms. The largest absolute Gasteiger partial charge is 0.379 e. The van der Waals surface area contributed by atoms with Gasteiger partial charge in [-0.2, -0.15) is 0 Å². The van der Waals surface area contributed by atoms with Gasteiger partial charge in [0.2, 0.25) is 11.9 Å². The zero-order chi connectivity index (χ0) is 23.1. The molecule has 2 aliphatic heterocycles. The number of fused-ring (bicyclic) bond motifs is 1. The summed E-state index contributed by atoms with van der Waals surface area (Å²) in [5.41, 5.74) is 5.87. The van der Waals surface area contributed by atoms with E-state index in [0.717, 1.165) is 67.2 Å². The van der Waals surface area contributed by atoms with Crippen molar-refractivity contribution in [2.75, 3.05) is 31.2 Å².